The Morgan fingerprint density at radius 2 is 1.76 bits per heavy atom. The highest BCUT2D eigenvalue weighted by Gasteiger charge is 2.27. The van der Waals surface area contributed by atoms with Crippen molar-refractivity contribution in [1.29, 1.82) is 0 Å². The number of nitrogens with zero attached hydrogens (tertiary/aromatic N) is 4. The van der Waals surface area contributed by atoms with E-state index in [-0.39, 0.29) is 12.0 Å². The fraction of sp³-hybridized carbons (Fsp3) is 0.720. The van der Waals surface area contributed by atoms with Crippen LogP contribution >= 0.6 is 15.9 Å². The molecule has 2 fully saturated rings. The normalized spacial score (nSPS) is 19.2. The number of carbonyl (C=O) groups excluding carboxylic acids is 1. The first kappa shape index (κ1) is 25.8. The number of terminal acetylenes is 1. The third-order valence-corrected chi connectivity index (χ3v) is 6.71. The quantitative estimate of drug-likeness (QED) is 0.482. The molecule has 3 heterocycles. The molecule has 1 atom stereocenters. The number of aromatic nitrogens is 2. The van der Waals surface area contributed by atoms with Crippen LogP contribution in [0.15, 0.2) is 16.9 Å². The van der Waals surface area contributed by atoms with Crippen LogP contribution in [0.2, 0.25) is 0 Å². The number of anilines is 1. The summed E-state index contributed by atoms with van der Waals surface area (Å²) in [4.78, 5) is 25.1. The summed E-state index contributed by atoms with van der Waals surface area (Å²) >= 11 is 3.38. The molecular formula is C25H37BrN4O3. The summed E-state index contributed by atoms with van der Waals surface area (Å²) in [6, 6.07) is 0. The summed E-state index contributed by atoms with van der Waals surface area (Å²) in [6.07, 6.45) is 14.3. The molecule has 0 spiro atoms. The van der Waals surface area contributed by atoms with Crippen LogP contribution in [0.4, 0.5) is 10.7 Å². The second kappa shape index (κ2) is 12.0. The molecule has 0 N–H and O–H groups in total. The van der Waals surface area contributed by atoms with Gasteiger partial charge in [0.05, 0.1) is 11.1 Å². The number of amides is 1. The van der Waals surface area contributed by atoms with Crippen molar-refractivity contribution >= 4 is 28.0 Å². The van der Waals surface area contributed by atoms with Crippen LogP contribution < -0.4 is 4.90 Å². The molecule has 2 aliphatic rings. The van der Waals surface area contributed by atoms with Gasteiger partial charge in [0.2, 0.25) is 5.95 Å². The Morgan fingerprint density at radius 1 is 1.15 bits per heavy atom. The predicted molar refractivity (Wildman–Crippen MR) is 133 cm³/mol. The molecule has 2 saturated heterocycles. The molecule has 0 aromatic carbocycles. The first-order chi connectivity index (χ1) is 15.7. The molecule has 0 bridgehead atoms. The van der Waals surface area contributed by atoms with Gasteiger partial charge in [-0.05, 0) is 80.6 Å². The zero-order valence-corrected chi connectivity index (χ0v) is 21.7. The first-order valence-electron chi connectivity index (χ1n) is 12.0. The summed E-state index contributed by atoms with van der Waals surface area (Å²) in [5.41, 5.74) is -0.454. The third kappa shape index (κ3) is 8.46. The number of ether oxygens (including phenoxy) is 2. The lowest BCUT2D eigenvalue weighted by molar-refractivity contribution is 0.00998. The van der Waals surface area contributed by atoms with Crippen molar-refractivity contribution in [3.05, 3.63) is 16.9 Å². The van der Waals surface area contributed by atoms with E-state index >= 15 is 0 Å². The van der Waals surface area contributed by atoms with E-state index in [0.717, 1.165) is 68.7 Å². The van der Waals surface area contributed by atoms with Crippen molar-refractivity contribution in [3.63, 3.8) is 0 Å². The SMILES string of the molecule is C#C[C@H](COCC1CCN(C(=O)OC(C)(C)C)CC1)CC1CCN(c2ncc(Br)cn2)CC1. The van der Waals surface area contributed by atoms with Crippen LogP contribution in [0.25, 0.3) is 0 Å². The molecular weight excluding hydrogens is 484 g/mol. The smallest absolute Gasteiger partial charge is 0.410 e. The van der Waals surface area contributed by atoms with Crippen LogP contribution in [0, 0.1) is 30.1 Å². The van der Waals surface area contributed by atoms with Gasteiger partial charge < -0.3 is 19.3 Å². The second-order valence-electron chi connectivity index (χ2n) is 10.2. The largest absolute Gasteiger partial charge is 0.444 e. The number of rotatable bonds is 7. The van der Waals surface area contributed by atoms with Crippen molar-refractivity contribution in [3.8, 4) is 12.3 Å². The van der Waals surface area contributed by atoms with Gasteiger partial charge >= 0.3 is 6.09 Å². The van der Waals surface area contributed by atoms with E-state index in [9.17, 15) is 4.79 Å². The van der Waals surface area contributed by atoms with Gasteiger partial charge in [0, 0.05) is 51.1 Å². The van der Waals surface area contributed by atoms with Crippen LogP contribution in [0.1, 0.15) is 52.9 Å². The van der Waals surface area contributed by atoms with Crippen molar-refractivity contribution in [1.82, 2.24) is 14.9 Å². The van der Waals surface area contributed by atoms with Crippen molar-refractivity contribution in [2.75, 3.05) is 44.3 Å². The van der Waals surface area contributed by atoms with Crippen LogP contribution in [-0.4, -0.2) is 66.0 Å². The minimum Gasteiger partial charge on any atom is -0.444 e. The maximum Gasteiger partial charge on any atom is 0.410 e. The number of piperidine rings is 2. The number of likely N-dealkylation sites (tertiary alicyclic amines) is 1. The summed E-state index contributed by atoms with van der Waals surface area (Å²) in [6.45, 7) is 10.4. The highest BCUT2D eigenvalue weighted by Crippen LogP contribution is 2.27. The Kier molecular flexibility index (Phi) is 9.39. The number of carbonyl (C=O) groups is 1. The van der Waals surface area contributed by atoms with Crippen molar-refractivity contribution < 1.29 is 14.3 Å². The van der Waals surface area contributed by atoms with Gasteiger partial charge in [-0.3, -0.25) is 0 Å². The molecule has 7 nitrogen and oxygen atoms in total. The van der Waals surface area contributed by atoms with E-state index in [2.05, 4.69) is 36.7 Å². The van der Waals surface area contributed by atoms with E-state index in [4.69, 9.17) is 15.9 Å². The van der Waals surface area contributed by atoms with Gasteiger partial charge in [0.25, 0.3) is 0 Å². The molecule has 0 aliphatic carbocycles. The number of hydrogen-bond donors (Lipinski definition) is 0. The molecule has 2 aliphatic heterocycles. The van der Waals surface area contributed by atoms with Crippen LogP contribution in [0.3, 0.4) is 0 Å². The van der Waals surface area contributed by atoms with Gasteiger partial charge in [-0.1, -0.05) is 0 Å². The molecule has 8 heteroatoms. The Labute approximate surface area is 206 Å². The highest BCUT2D eigenvalue weighted by atomic mass is 79.9. The average Bonchev–Trinajstić information content (AvgIpc) is 2.79. The maximum absolute atomic E-state index is 12.2. The van der Waals surface area contributed by atoms with Gasteiger partial charge in [0.15, 0.2) is 0 Å². The molecule has 0 saturated carbocycles. The van der Waals surface area contributed by atoms with Crippen LogP contribution in [-0.2, 0) is 9.47 Å². The van der Waals surface area contributed by atoms with E-state index < -0.39 is 5.60 Å². The zero-order chi connectivity index (χ0) is 23.8. The summed E-state index contributed by atoms with van der Waals surface area (Å²) in [5, 5.41) is 0. The highest BCUT2D eigenvalue weighted by molar-refractivity contribution is 9.10. The van der Waals surface area contributed by atoms with Gasteiger partial charge in [-0.2, -0.15) is 0 Å². The molecule has 1 aromatic heterocycles. The molecule has 182 valence electrons. The molecule has 1 aromatic rings. The third-order valence-electron chi connectivity index (χ3n) is 6.30. The van der Waals surface area contributed by atoms with Gasteiger partial charge in [0.1, 0.15) is 5.60 Å². The Hall–Kier alpha value is -1.85. The van der Waals surface area contributed by atoms with Gasteiger partial charge in [-0.25, -0.2) is 14.8 Å². The van der Waals surface area contributed by atoms with Crippen molar-refractivity contribution in [2.24, 2.45) is 17.8 Å². The second-order valence-corrected chi connectivity index (χ2v) is 11.1. The molecule has 1 amide bonds. The Balaban J connectivity index is 1.32. The summed E-state index contributed by atoms with van der Waals surface area (Å²) in [7, 11) is 0. The zero-order valence-electron chi connectivity index (χ0n) is 20.1. The lowest BCUT2D eigenvalue weighted by Gasteiger charge is -2.34. The lowest BCUT2D eigenvalue weighted by Crippen LogP contribution is -2.42. The monoisotopic (exact) mass is 520 g/mol. The fourth-order valence-electron chi connectivity index (χ4n) is 4.41. The lowest BCUT2D eigenvalue weighted by atomic mass is 9.88. The van der Waals surface area contributed by atoms with E-state index in [1.54, 1.807) is 17.3 Å². The van der Waals surface area contributed by atoms with E-state index in [0.29, 0.717) is 25.0 Å². The maximum atomic E-state index is 12.2. The van der Waals surface area contributed by atoms with Gasteiger partial charge in [-0.15, -0.1) is 12.3 Å². The Morgan fingerprint density at radius 3 is 2.33 bits per heavy atom. The summed E-state index contributed by atoms with van der Waals surface area (Å²) in [5.74, 6) is 4.96. The molecule has 3 rings (SSSR count). The number of hydrogen-bond acceptors (Lipinski definition) is 6. The average molecular weight is 522 g/mol. The molecule has 33 heavy (non-hydrogen) atoms. The first-order valence-corrected chi connectivity index (χ1v) is 12.8. The van der Waals surface area contributed by atoms with Crippen LogP contribution in [0.5, 0.6) is 0 Å². The molecule has 0 radical (unpaired) electrons. The minimum absolute atomic E-state index is 0.146. The molecule has 0 unspecified atom stereocenters. The Bertz CT molecular complexity index is 789. The van der Waals surface area contributed by atoms with E-state index in [1.807, 2.05) is 20.8 Å². The predicted octanol–water partition coefficient (Wildman–Crippen LogP) is 4.76. The number of halogens is 1. The minimum atomic E-state index is -0.454. The van der Waals surface area contributed by atoms with E-state index in [1.165, 1.54) is 0 Å². The fourth-order valence-corrected chi connectivity index (χ4v) is 4.61. The summed E-state index contributed by atoms with van der Waals surface area (Å²) < 4.78 is 12.4. The van der Waals surface area contributed by atoms with Crippen molar-refractivity contribution in [2.45, 2.75) is 58.5 Å². The standard InChI is InChI=1S/C25H37BrN4O3/c1-5-19(14-20-6-10-29(11-7-20)23-27-15-22(26)16-28-23)17-32-18-21-8-12-30(13-9-21)24(31)33-25(2,3)4/h1,15-16,19-21H,6-14,17-18H2,2-4H3/t19-/m0/s1. The topological polar surface area (TPSA) is 67.8 Å².